The standard InChI is InChI=1S/C11H24N2O/c1-3-6-13-10(2)8-12-9-11-5-4-7-14-11/h10-13H,3-9H2,1-2H3. The van der Waals surface area contributed by atoms with E-state index in [0.717, 1.165) is 26.2 Å². The van der Waals surface area contributed by atoms with Gasteiger partial charge in [-0.3, -0.25) is 0 Å². The molecule has 0 saturated carbocycles. The summed E-state index contributed by atoms with van der Waals surface area (Å²) >= 11 is 0. The van der Waals surface area contributed by atoms with Crippen LogP contribution in [0.5, 0.6) is 0 Å². The predicted octanol–water partition coefficient (Wildman–Crippen LogP) is 1.14. The Morgan fingerprint density at radius 1 is 1.50 bits per heavy atom. The van der Waals surface area contributed by atoms with Crippen molar-refractivity contribution in [3.05, 3.63) is 0 Å². The van der Waals surface area contributed by atoms with Crippen LogP contribution in [0.2, 0.25) is 0 Å². The van der Waals surface area contributed by atoms with Crippen LogP contribution >= 0.6 is 0 Å². The van der Waals surface area contributed by atoms with Gasteiger partial charge in [-0.25, -0.2) is 0 Å². The lowest BCUT2D eigenvalue weighted by Crippen LogP contribution is -2.39. The van der Waals surface area contributed by atoms with Gasteiger partial charge in [-0.05, 0) is 32.7 Å². The number of hydrogen-bond acceptors (Lipinski definition) is 3. The van der Waals surface area contributed by atoms with E-state index in [0.29, 0.717) is 12.1 Å². The van der Waals surface area contributed by atoms with Crippen LogP contribution in [0, 0.1) is 0 Å². The Bertz CT molecular complexity index is 135. The number of ether oxygens (including phenoxy) is 1. The summed E-state index contributed by atoms with van der Waals surface area (Å²) in [6.45, 7) is 8.54. The lowest BCUT2D eigenvalue weighted by Gasteiger charge is -2.16. The van der Waals surface area contributed by atoms with Gasteiger partial charge in [0.2, 0.25) is 0 Å². The van der Waals surface area contributed by atoms with Crippen LogP contribution in [-0.2, 0) is 4.74 Å². The van der Waals surface area contributed by atoms with Crippen molar-refractivity contribution < 1.29 is 4.74 Å². The van der Waals surface area contributed by atoms with Crippen molar-refractivity contribution in [2.75, 3.05) is 26.2 Å². The average Bonchev–Trinajstić information content (AvgIpc) is 2.67. The molecule has 0 bridgehead atoms. The van der Waals surface area contributed by atoms with Crippen LogP contribution in [-0.4, -0.2) is 38.4 Å². The van der Waals surface area contributed by atoms with Gasteiger partial charge in [-0.1, -0.05) is 6.92 Å². The molecule has 0 spiro atoms. The van der Waals surface area contributed by atoms with Crippen molar-refractivity contribution in [1.29, 1.82) is 0 Å². The second kappa shape index (κ2) is 7.21. The summed E-state index contributed by atoms with van der Waals surface area (Å²) in [4.78, 5) is 0. The fourth-order valence-electron chi connectivity index (χ4n) is 1.73. The van der Waals surface area contributed by atoms with E-state index in [1.165, 1.54) is 19.3 Å². The largest absolute Gasteiger partial charge is 0.377 e. The van der Waals surface area contributed by atoms with Gasteiger partial charge in [0.05, 0.1) is 6.10 Å². The Balaban J connectivity index is 1.91. The highest BCUT2D eigenvalue weighted by Crippen LogP contribution is 2.10. The summed E-state index contributed by atoms with van der Waals surface area (Å²) in [7, 11) is 0. The second-order valence-corrected chi connectivity index (χ2v) is 4.15. The monoisotopic (exact) mass is 200 g/mol. The third kappa shape index (κ3) is 4.94. The Morgan fingerprint density at radius 3 is 3.00 bits per heavy atom. The van der Waals surface area contributed by atoms with Gasteiger partial charge in [-0.2, -0.15) is 0 Å². The van der Waals surface area contributed by atoms with E-state index in [-0.39, 0.29) is 0 Å². The first kappa shape index (κ1) is 12.0. The molecule has 0 amide bonds. The Morgan fingerprint density at radius 2 is 2.36 bits per heavy atom. The van der Waals surface area contributed by atoms with Crippen LogP contribution in [0.4, 0.5) is 0 Å². The Labute approximate surface area is 87.6 Å². The van der Waals surface area contributed by atoms with Gasteiger partial charge in [-0.15, -0.1) is 0 Å². The van der Waals surface area contributed by atoms with Gasteiger partial charge >= 0.3 is 0 Å². The third-order valence-electron chi connectivity index (χ3n) is 2.59. The molecule has 2 N–H and O–H groups in total. The molecular weight excluding hydrogens is 176 g/mol. The van der Waals surface area contributed by atoms with Gasteiger partial charge < -0.3 is 15.4 Å². The van der Waals surface area contributed by atoms with Gasteiger partial charge in [0.1, 0.15) is 0 Å². The van der Waals surface area contributed by atoms with E-state index < -0.39 is 0 Å². The zero-order valence-corrected chi connectivity index (χ0v) is 9.51. The zero-order chi connectivity index (χ0) is 10.2. The highest BCUT2D eigenvalue weighted by atomic mass is 16.5. The van der Waals surface area contributed by atoms with Gasteiger partial charge in [0, 0.05) is 25.7 Å². The molecule has 0 aromatic carbocycles. The van der Waals surface area contributed by atoms with Crippen LogP contribution in [0.1, 0.15) is 33.1 Å². The molecule has 0 aromatic rings. The summed E-state index contributed by atoms with van der Waals surface area (Å²) in [5.74, 6) is 0. The van der Waals surface area contributed by atoms with Crippen LogP contribution < -0.4 is 10.6 Å². The molecule has 0 aliphatic carbocycles. The molecular formula is C11H24N2O. The topological polar surface area (TPSA) is 33.3 Å². The van der Waals surface area contributed by atoms with Crippen molar-refractivity contribution >= 4 is 0 Å². The third-order valence-corrected chi connectivity index (χ3v) is 2.59. The molecule has 2 atom stereocenters. The molecule has 3 nitrogen and oxygen atoms in total. The molecule has 0 aromatic heterocycles. The first-order valence-electron chi connectivity index (χ1n) is 5.88. The second-order valence-electron chi connectivity index (χ2n) is 4.15. The first-order valence-corrected chi connectivity index (χ1v) is 5.88. The maximum Gasteiger partial charge on any atom is 0.0700 e. The quantitative estimate of drug-likeness (QED) is 0.646. The SMILES string of the molecule is CCCNC(C)CNCC1CCCO1. The predicted molar refractivity (Wildman–Crippen MR) is 59.6 cm³/mol. The lowest BCUT2D eigenvalue weighted by atomic mass is 10.2. The fourth-order valence-corrected chi connectivity index (χ4v) is 1.73. The Kier molecular flexibility index (Phi) is 6.15. The van der Waals surface area contributed by atoms with E-state index in [1.54, 1.807) is 0 Å². The molecule has 1 heterocycles. The molecule has 1 aliphatic rings. The molecule has 14 heavy (non-hydrogen) atoms. The number of nitrogens with one attached hydrogen (secondary N) is 2. The molecule has 1 saturated heterocycles. The van der Waals surface area contributed by atoms with Crippen molar-refractivity contribution in [3.8, 4) is 0 Å². The summed E-state index contributed by atoms with van der Waals surface area (Å²) in [5, 5.41) is 6.90. The molecule has 1 aliphatic heterocycles. The molecule has 1 fully saturated rings. The maximum atomic E-state index is 5.53. The van der Waals surface area contributed by atoms with Crippen molar-refractivity contribution in [1.82, 2.24) is 10.6 Å². The van der Waals surface area contributed by atoms with Gasteiger partial charge in [0.15, 0.2) is 0 Å². The maximum absolute atomic E-state index is 5.53. The van der Waals surface area contributed by atoms with Gasteiger partial charge in [0.25, 0.3) is 0 Å². The van der Waals surface area contributed by atoms with E-state index in [4.69, 9.17) is 4.74 Å². The zero-order valence-electron chi connectivity index (χ0n) is 9.51. The minimum atomic E-state index is 0.466. The van der Waals surface area contributed by atoms with Crippen LogP contribution in [0.25, 0.3) is 0 Å². The summed E-state index contributed by atoms with van der Waals surface area (Å²) < 4.78 is 5.53. The first-order chi connectivity index (χ1) is 6.83. The number of rotatable bonds is 7. The summed E-state index contributed by atoms with van der Waals surface area (Å²) in [6.07, 6.45) is 4.13. The van der Waals surface area contributed by atoms with Crippen LogP contribution in [0.15, 0.2) is 0 Å². The van der Waals surface area contributed by atoms with Crippen LogP contribution in [0.3, 0.4) is 0 Å². The highest BCUT2D eigenvalue weighted by Gasteiger charge is 2.14. The summed E-state index contributed by atoms with van der Waals surface area (Å²) in [6, 6.07) is 0.566. The molecule has 84 valence electrons. The number of hydrogen-bond donors (Lipinski definition) is 2. The van der Waals surface area contributed by atoms with Crippen molar-refractivity contribution in [2.24, 2.45) is 0 Å². The Hall–Kier alpha value is -0.120. The molecule has 0 radical (unpaired) electrons. The average molecular weight is 200 g/mol. The smallest absolute Gasteiger partial charge is 0.0700 e. The van der Waals surface area contributed by atoms with E-state index in [9.17, 15) is 0 Å². The summed E-state index contributed by atoms with van der Waals surface area (Å²) in [5.41, 5.74) is 0. The molecule has 3 heteroatoms. The van der Waals surface area contributed by atoms with E-state index in [1.807, 2.05) is 0 Å². The van der Waals surface area contributed by atoms with Crippen molar-refractivity contribution in [2.45, 2.75) is 45.3 Å². The highest BCUT2D eigenvalue weighted by molar-refractivity contribution is 4.70. The normalized spacial score (nSPS) is 24.0. The fraction of sp³-hybridized carbons (Fsp3) is 1.00. The minimum absolute atomic E-state index is 0.466. The minimum Gasteiger partial charge on any atom is -0.377 e. The van der Waals surface area contributed by atoms with E-state index >= 15 is 0 Å². The van der Waals surface area contributed by atoms with Crippen molar-refractivity contribution in [3.63, 3.8) is 0 Å². The molecule has 2 unspecified atom stereocenters. The molecule has 1 rings (SSSR count). The lowest BCUT2D eigenvalue weighted by molar-refractivity contribution is 0.110. The van der Waals surface area contributed by atoms with E-state index in [2.05, 4.69) is 24.5 Å².